The Labute approximate surface area is 164 Å². The van der Waals surface area contributed by atoms with Crippen molar-refractivity contribution in [3.63, 3.8) is 0 Å². The fraction of sp³-hybridized carbons (Fsp3) is 0.429. The molecule has 3 aliphatic rings. The number of benzene rings is 1. The highest BCUT2D eigenvalue weighted by Gasteiger charge is 2.37. The van der Waals surface area contributed by atoms with Gasteiger partial charge in [0.05, 0.1) is 5.69 Å². The van der Waals surface area contributed by atoms with Gasteiger partial charge in [0, 0.05) is 38.4 Å². The molecule has 1 amide bonds. The highest BCUT2D eigenvalue weighted by molar-refractivity contribution is 5.77. The van der Waals surface area contributed by atoms with Gasteiger partial charge < -0.3 is 4.90 Å². The minimum atomic E-state index is 0.120. The number of carbonyl (C=O) groups excluding carboxylic acids is 1. The number of piperidine rings is 1. The Hall–Kier alpha value is -2.80. The van der Waals surface area contributed by atoms with E-state index in [1.807, 2.05) is 42.6 Å². The van der Waals surface area contributed by atoms with Crippen LogP contribution in [0.25, 0.3) is 11.0 Å². The molecule has 5 heterocycles. The van der Waals surface area contributed by atoms with E-state index in [-0.39, 0.29) is 18.5 Å². The van der Waals surface area contributed by atoms with Gasteiger partial charge in [-0.3, -0.25) is 14.7 Å². The van der Waals surface area contributed by atoms with E-state index in [4.69, 9.17) is 0 Å². The van der Waals surface area contributed by atoms with Gasteiger partial charge >= 0.3 is 0 Å². The summed E-state index contributed by atoms with van der Waals surface area (Å²) in [4.78, 5) is 23.6. The Morgan fingerprint density at radius 3 is 2.50 bits per heavy atom. The third-order valence-electron chi connectivity index (χ3n) is 5.83. The van der Waals surface area contributed by atoms with Gasteiger partial charge in [0.2, 0.25) is 5.91 Å². The predicted molar refractivity (Wildman–Crippen MR) is 105 cm³/mol. The number of fused-ring (bicyclic) bond motifs is 5. The van der Waals surface area contributed by atoms with Crippen molar-refractivity contribution >= 4 is 16.9 Å². The van der Waals surface area contributed by atoms with Crippen molar-refractivity contribution < 1.29 is 4.79 Å². The van der Waals surface area contributed by atoms with Crippen molar-refractivity contribution in [1.82, 2.24) is 29.8 Å². The SMILES string of the molecule is O=C(Cn1nc2ccccc2n1)N1C[C@H]2CC[C@@H]1CN(Cc1ccccn1)C2. The second-order valence-corrected chi connectivity index (χ2v) is 7.88. The highest BCUT2D eigenvalue weighted by Crippen LogP contribution is 2.29. The van der Waals surface area contributed by atoms with Gasteiger partial charge in [0.25, 0.3) is 0 Å². The molecule has 0 saturated carbocycles. The summed E-state index contributed by atoms with van der Waals surface area (Å²) in [6, 6.07) is 14.0. The molecule has 7 heteroatoms. The minimum absolute atomic E-state index is 0.120. The summed E-state index contributed by atoms with van der Waals surface area (Å²) >= 11 is 0. The van der Waals surface area contributed by atoms with E-state index in [9.17, 15) is 4.79 Å². The lowest BCUT2D eigenvalue weighted by Gasteiger charge is -2.36. The molecule has 1 aromatic carbocycles. The van der Waals surface area contributed by atoms with Crippen LogP contribution in [0.1, 0.15) is 18.5 Å². The average molecular weight is 376 g/mol. The van der Waals surface area contributed by atoms with Crippen molar-refractivity contribution in [3.8, 4) is 0 Å². The molecular formula is C21H24N6O. The lowest BCUT2D eigenvalue weighted by Crippen LogP contribution is -2.48. The first kappa shape index (κ1) is 17.3. The van der Waals surface area contributed by atoms with Crippen LogP contribution in [0.5, 0.6) is 0 Å². The van der Waals surface area contributed by atoms with E-state index in [0.717, 1.165) is 49.3 Å². The van der Waals surface area contributed by atoms with Crippen LogP contribution in [-0.2, 0) is 17.9 Å². The van der Waals surface area contributed by atoms with Gasteiger partial charge in [0.15, 0.2) is 0 Å². The predicted octanol–water partition coefficient (Wildman–Crippen LogP) is 1.95. The molecule has 6 rings (SSSR count). The molecule has 3 fully saturated rings. The zero-order chi connectivity index (χ0) is 18.9. The number of carbonyl (C=O) groups is 1. The van der Waals surface area contributed by atoms with E-state index in [0.29, 0.717) is 5.92 Å². The van der Waals surface area contributed by atoms with Crippen LogP contribution >= 0.6 is 0 Å². The van der Waals surface area contributed by atoms with E-state index in [1.54, 1.807) is 0 Å². The third-order valence-corrected chi connectivity index (χ3v) is 5.83. The third kappa shape index (κ3) is 3.49. The van der Waals surface area contributed by atoms with Gasteiger partial charge in [-0.15, -0.1) is 0 Å². The van der Waals surface area contributed by atoms with Crippen LogP contribution in [0.2, 0.25) is 0 Å². The van der Waals surface area contributed by atoms with Gasteiger partial charge in [-0.1, -0.05) is 18.2 Å². The monoisotopic (exact) mass is 376 g/mol. The number of hydrogen-bond donors (Lipinski definition) is 0. The molecule has 2 atom stereocenters. The zero-order valence-corrected chi connectivity index (χ0v) is 15.8. The van der Waals surface area contributed by atoms with Gasteiger partial charge in [-0.2, -0.15) is 15.0 Å². The minimum Gasteiger partial charge on any atom is -0.336 e. The maximum Gasteiger partial charge on any atom is 0.246 e. The summed E-state index contributed by atoms with van der Waals surface area (Å²) in [5.74, 6) is 0.644. The fourth-order valence-electron chi connectivity index (χ4n) is 4.52. The van der Waals surface area contributed by atoms with Crippen molar-refractivity contribution in [2.75, 3.05) is 19.6 Å². The molecule has 3 aliphatic heterocycles. The van der Waals surface area contributed by atoms with Crippen LogP contribution in [0.3, 0.4) is 0 Å². The summed E-state index contributed by atoms with van der Waals surface area (Å²) < 4.78 is 0. The lowest BCUT2D eigenvalue weighted by atomic mass is 9.95. The van der Waals surface area contributed by atoms with Crippen LogP contribution in [-0.4, -0.2) is 61.4 Å². The van der Waals surface area contributed by atoms with Crippen molar-refractivity contribution in [3.05, 3.63) is 54.4 Å². The van der Waals surface area contributed by atoms with Crippen LogP contribution in [0.15, 0.2) is 48.7 Å². The van der Waals surface area contributed by atoms with E-state index < -0.39 is 0 Å². The van der Waals surface area contributed by atoms with E-state index in [1.165, 1.54) is 11.2 Å². The van der Waals surface area contributed by atoms with Crippen LogP contribution in [0.4, 0.5) is 0 Å². The first-order chi connectivity index (χ1) is 13.7. The average Bonchev–Trinajstić information content (AvgIpc) is 2.91. The van der Waals surface area contributed by atoms with E-state index >= 15 is 0 Å². The van der Waals surface area contributed by atoms with Crippen LogP contribution < -0.4 is 0 Å². The Morgan fingerprint density at radius 2 is 1.75 bits per heavy atom. The Balaban J connectivity index is 1.28. The number of nitrogens with zero attached hydrogens (tertiary/aromatic N) is 6. The number of aromatic nitrogens is 4. The molecule has 7 nitrogen and oxygen atoms in total. The first-order valence-corrected chi connectivity index (χ1v) is 9.96. The maximum atomic E-state index is 13.0. The Kier molecular flexibility index (Phi) is 4.52. The molecule has 2 bridgehead atoms. The first-order valence-electron chi connectivity index (χ1n) is 9.96. The summed E-state index contributed by atoms with van der Waals surface area (Å²) in [5.41, 5.74) is 2.75. The molecule has 0 unspecified atom stereocenters. The molecular weight excluding hydrogens is 352 g/mol. The molecule has 0 spiro atoms. The summed E-state index contributed by atoms with van der Waals surface area (Å²) in [5, 5.41) is 8.89. The number of amides is 1. The molecule has 144 valence electrons. The standard InChI is InChI=1S/C21H24N6O/c28-21(15-27-23-19-6-1-2-7-20(19)24-27)26-12-16-8-9-18(26)14-25(11-16)13-17-5-3-4-10-22-17/h1-7,10,16,18H,8-9,11-15H2/t16-,18+/m0/s1. The number of hydrogen-bond acceptors (Lipinski definition) is 5. The second-order valence-electron chi connectivity index (χ2n) is 7.88. The molecule has 2 aromatic heterocycles. The largest absolute Gasteiger partial charge is 0.336 e. The quantitative estimate of drug-likeness (QED) is 0.696. The normalized spacial score (nSPS) is 22.5. The molecule has 3 saturated heterocycles. The van der Waals surface area contributed by atoms with Crippen LogP contribution in [0, 0.1) is 5.92 Å². The summed E-state index contributed by atoms with van der Waals surface area (Å²) in [6.45, 7) is 3.83. The van der Waals surface area contributed by atoms with Gasteiger partial charge in [-0.25, -0.2) is 0 Å². The summed E-state index contributed by atoms with van der Waals surface area (Å²) in [7, 11) is 0. The van der Waals surface area contributed by atoms with Crippen molar-refractivity contribution in [2.24, 2.45) is 5.92 Å². The molecule has 0 N–H and O–H groups in total. The highest BCUT2D eigenvalue weighted by atomic mass is 16.2. The molecule has 0 radical (unpaired) electrons. The number of pyridine rings is 1. The van der Waals surface area contributed by atoms with Crippen molar-refractivity contribution in [2.45, 2.75) is 32.0 Å². The second kappa shape index (κ2) is 7.31. The molecule has 0 aliphatic carbocycles. The van der Waals surface area contributed by atoms with Gasteiger partial charge in [-0.05, 0) is 43.0 Å². The van der Waals surface area contributed by atoms with E-state index in [2.05, 4.69) is 31.0 Å². The summed E-state index contributed by atoms with van der Waals surface area (Å²) in [6.07, 6.45) is 4.11. The topological polar surface area (TPSA) is 67.2 Å². The fourth-order valence-corrected chi connectivity index (χ4v) is 4.52. The molecule has 28 heavy (non-hydrogen) atoms. The molecule has 3 aromatic rings. The Morgan fingerprint density at radius 1 is 0.964 bits per heavy atom. The number of rotatable bonds is 4. The maximum absolute atomic E-state index is 13.0. The van der Waals surface area contributed by atoms with Gasteiger partial charge in [0.1, 0.15) is 17.6 Å². The smallest absolute Gasteiger partial charge is 0.246 e. The lowest BCUT2D eigenvalue weighted by molar-refractivity contribution is -0.136. The zero-order valence-electron chi connectivity index (χ0n) is 15.8. The van der Waals surface area contributed by atoms with Crippen molar-refractivity contribution in [1.29, 1.82) is 0 Å². The Bertz CT molecular complexity index is 938.